The normalized spacial score (nSPS) is 10.3. The lowest BCUT2D eigenvalue weighted by atomic mass is 10.3. The SMILES string of the molecule is CCNc1cc([N+](=O)[O-])cc(NCc2sccc2C)n1. The molecule has 2 heterocycles. The Morgan fingerprint density at radius 1 is 1.35 bits per heavy atom. The van der Waals surface area contributed by atoms with Crippen LogP contribution in [-0.2, 0) is 6.54 Å². The number of aromatic nitrogens is 1. The van der Waals surface area contributed by atoms with Gasteiger partial charge in [0.05, 0.1) is 23.6 Å². The molecule has 2 aromatic heterocycles. The van der Waals surface area contributed by atoms with Gasteiger partial charge in [-0.15, -0.1) is 11.3 Å². The van der Waals surface area contributed by atoms with E-state index in [2.05, 4.69) is 15.6 Å². The minimum Gasteiger partial charge on any atom is -0.370 e. The minimum absolute atomic E-state index is 0.0290. The zero-order chi connectivity index (χ0) is 14.5. The van der Waals surface area contributed by atoms with E-state index in [4.69, 9.17) is 0 Å². The fourth-order valence-electron chi connectivity index (χ4n) is 1.74. The maximum atomic E-state index is 10.9. The van der Waals surface area contributed by atoms with Gasteiger partial charge in [-0.05, 0) is 30.9 Å². The second-order valence-corrected chi connectivity index (χ2v) is 5.26. The molecule has 0 radical (unpaired) electrons. The molecule has 2 aromatic rings. The molecule has 106 valence electrons. The average molecular weight is 292 g/mol. The van der Waals surface area contributed by atoms with Crippen LogP contribution in [0.4, 0.5) is 17.3 Å². The zero-order valence-electron chi connectivity index (χ0n) is 11.3. The summed E-state index contributed by atoms with van der Waals surface area (Å²) in [7, 11) is 0. The standard InChI is InChI=1S/C13H16N4O2S/c1-3-14-12-6-10(17(18)19)7-13(16-12)15-8-11-9(2)4-5-20-11/h4-7H,3,8H2,1-2H3,(H2,14,15,16). The van der Waals surface area contributed by atoms with E-state index in [1.54, 1.807) is 11.3 Å². The highest BCUT2D eigenvalue weighted by Crippen LogP contribution is 2.22. The number of aryl methyl sites for hydroxylation is 1. The number of nitrogens with one attached hydrogen (secondary N) is 2. The molecule has 0 aromatic carbocycles. The zero-order valence-corrected chi connectivity index (χ0v) is 12.2. The van der Waals surface area contributed by atoms with Crippen molar-refractivity contribution in [3.8, 4) is 0 Å². The van der Waals surface area contributed by atoms with E-state index in [0.29, 0.717) is 24.7 Å². The molecule has 0 fully saturated rings. The molecular formula is C13H16N4O2S. The largest absolute Gasteiger partial charge is 0.370 e. The second kappa shape index (κ2) is 6.33. The van der Waals surface area contributed by atoms with E-state index in [-0.39, 0.29) is 5.69 Å². The minimum atomic E-state index is -0.413. The van der Waals surface area contributed by atoms with Gasteiger partial charge in [0.25, 0.3) is 5.69 Å². The van der Waals surface area contributed by atoms with Gasteiger partial charge in [0.1, 0.15) is 11.6 Å². The maximum Gasteiger partial charge on any atom is 0.276 e. The summed E-state index contributed by atoms with van der Waals surface area (Å²) in [4.78, 5) is 16.0. The van der Waals surface area contributed by atoms with Crippen LogP contribution in [0.3, 0.4) is 0 Å². The predicted octanol–water partition coefficient (Wildman–Crippen LogP) is 3.40. The van der Waals surface area contributed by atoms with Crippen molar-refractivity contribution in [2.45, 2.75) is 20.4 Å². The summed E-state index contributed by atoms with van der Waals surface area (Å²) in [5.74, 6) is 1.01. The molecule has 0 amide bonds. The molecule has 0 unspecified atom stereocenters. The summed E-state index contributed by atoms with van der Waals surface area (Å²) >= 11 is 1.65. The Labute approximate surface area is 121 Å². The van der Waals surface area contributed by atoms with Crippen molar-refractivity contribution in [3.05, 3.63) is 44.1 Å². The van der Waals surface area contributed by atoms with Gasteiger partial charge in [-0.1, -0.05) is 0 Å². The summed E-state index contributed by atoms with van der Waals surface area (Å²) in [6.07, 6.45) is 0. The molecule has 0 saturated carbocycles. The Bertz CT molecular complexity index is 612. The third-order valence-corrected chi connectivity index (χ3v) is 3.80. The Morgan fingerprint density at radius 3 is 2.60 bits per heavy atom. The number of pyridine rings is 1. The first-order chi connectivity index (χ1) is 9.60. The number of anilines is 2. The smallest absolute Gasteiger partial charge is 0.276 e. The molecular weight excluding hydrogens is 276 g/mol. The van der Waals surface area contributed by atoms with E-state index in [0.717, 1.165) is 0 Å². The van der Waals surface area contributed by atoms with Crippen LogP contribution in [0.5, 0.6) is 0 Å². The van der Waals surface area contributed by atoms with Crippen LogP contribution < -0.4 is 10.6 Å². The van der Waals surface area contributed by atoms with Crippen molar-refractivity contribution >= 4 is 28.7 Å². The van der Waals surface area contributed by atoms with Crippen LogP contribution in [0, 0.1) is 17.0 Å². The van der Waals surface area contributed by atoms with E-state index < -0.39 is 4.92 Å². The van der Waals surface area contributed by atoms with Crippen LogP contribution >= 0.6 is 11.3 Å². The summed E-state index contributed by atoms with van der Waals surface area (Å²) in [6, 6.07) is 4.93. The van der Waals surface area contributed by atoms with Gasteiger partial charge in [-0.25, -0.2) is 4.98 Å². The lowest BCUT2D eigenvalue weighted by Crippen LogP contribution is -2.05. The lowest BCUT2D eigenvalue weighted by Gasteiger charge is -2.08. The van der Waals surface area contributed by atoms with Crippen LogP contribution in [-0.4, -0.2) is 16.5 Å². The molecule has 6 nitrogen and oxygen atoms in total. The summed E-state index contributed by atoms with van der Waals surface area (Å²) in [5, 5.41) is 19.1. The van der Waals surface area contributed by atoms with Crippen molar-refractivity contribution in [1.82, 2.24) is 4.98 Å². The number of nitro groups is 1. The van der Waals surface area contributed by atoms with Gasteiger partial charge in [0.15, 0.2) is 0 Å². The first kappa shape index (κ1) is 14.3. The van der Waals surface area contributed by atoms with E-state index in [9.17, 15) is 10.1 Å². The number of hydrogen-bond acceptors (Lipinski definition) is 6. The van der Waals surface area contributed by atoms with Crippen molar-refractivity contribution < 1.29 is 4.92 Å². The van der Waals surface area contributed by atoms with Gasteiger partial charge in [-0.2, -0.15) is 0 Å². The number of thiophene rings is 1. The molecule has 0 aliphatic rings. The summed E-state index contributed by atoms with van der Waals surface area (Å²) in [6.45, 7) is 5.24. The van der Waals surface area contributed by atoms with E-state index >= 15 is 0 Å². The first-order valence-electron chi connectivity index (χ1n) is 6.27. The maximum absolute atomic E-state index is 10.9. The molecule has 0 aliphatic heterocycles. The number of nitrogens with zero attached hydrogens (tertiary/aromatic N) is 2. The molecule has 2 rings (SSSR count). The highest BCUT2D eigenvalue weighted by atomic mass is 32.1. The third-order valence-electron chi connectivity index (χ3n) is 2.78. The van der Waals surface area contributed by atoms with E-state index in [1.165, 1.54) is 22.6 Å². The van der Waals surface area contributed by atoms with Crippen LogP contribution in [0.2, 0.25) is 0 Å². The molecule has 0 spiro atoms. The monoisotopic (exact) mass is 292 g/mol. The number of rotatable bonds is 6. The van der Waals surface area contributed by atoms with Gasteiger partial charge in [-0.3, -0.25) is 10.1 Å². The molecule has 0 aliphatic carbocycles. The van der Waals surface area contributed by atoms with Crippen LogP contribution in [0.25, 0.3) is 0 Å². The highest BCUT2D eigenvalue weighted by Gasteiger charge is 2.11. The summed E-state index contributed by atoms with van der Waals surface area (Å²) in [5.41, 5.74) is 1.24. The number of hydrogen-bond donors (Lipinski definition) is 2. The van der Waals surface area contributed by atoms with Gasteiger partial charge in [0, 0.05) is 11.4 Å². The Balaban J connectivity index is 2.17. The molecule has 7 heteroatoms. The first-order valence-corrected chi connectivity index (χ1v) is 7.15. The van der Waals surface area contributed by atoms with Crippen LogP contribution in [0.15, 0.2) is 23.6 Å². The Morgan fingerprint density at radius 2 is 2.05 bits per heavy atom. The molecule has 2 N–H and O–H groups in total. The van der Waals surface area contributed by atoms with Crippen molar-refractivity contribution in [2.24, 2.45) is 0 Å². The molecule has 20 heavy (non-hydrogen) atoms. The predicted molar refractivity (Wildman–Crippen MR) is 81.4 cm³/mol. The topological polar surface area (TPSA) is 80.1 Å². The fourth-order valence-corrected chi connectivity index (χ4v) is 2.59. The average Bonchev–Trinajstić information content (AvgIpc) is 2.82. The fraction of sp³-hybridized carbons (Fsp3) is 0.308. The second-order valence-electron chi connectivity index (χ2n) is 4.26. The molecule has 0 atom stereocenters. The van der Waals surface area contributed by atoms with Crippen LogP contribution in [0.1, 0.15) is 17.4 Å². The highest BCUT2D eigenvalue weighted by molar-refractivity contribution is 7.10. The molecule has 0 saturated heterocycles. The molecule has 0 bridgehead atoms. The Hall–Kier alpha value is -2.15. The van der Waals surface area contributed by atoms with Gasteiger partial charge in [0.2, 0.25) is 0 Å². The van der Waals surface area contributed by atoms with Gasteiger partial charge >= 0.3 is 0 Å². The lowest BCUT2D eigenvalue weighted by molar-refractivity contribution is -0.384. The van der Waals surface area contributed by atoms with E-state index in [1.807, 2.05) is 25.3 Å². The van der Waals surface area contributed by atoms with Crippen molar-refractivity contribution in [1.29, 1.82) is 0 Å². The Kier molecular flexibility index (Phi) is 4.52. The summed E-state index contributed by atoms with van der Waals surface area (Å²) < 4.78 is 0. The van der Waals surface area contributed by atoms with Gasteiger partial charge < -0.3 is 10.6 Å². The third kappa shape index (κ3) is 3.45. The van der Waals surface area contributed by atoms with Crippen molar-refractivity contribution in [2.75, 3.05) is 17.2 Å². The quantitative estimate of drug-likeness (QED) is 0.630. The van der Waals surface area contributed by atoms with Crippen molar-refractivity contribution in [3.63, 3.8) is 0 Å².